The first-order chi connectivity index (χ1) is 15.2. The van der Waals surface area contributed by atoms with Gasteiger partial charge in [0, 0.05) is 13.7 Å². The molecule has 0 aliphatic carbocycles. The minimum absolute atomic E-state index is 0.238. The van der Waals surface area contributed by atoms with Crippen molar-refractivity contribution in [1.29, 1.82) is 0 Å². The van der Waals surface area contributed by atoms with E-state index in [1.54, 1.807) is 0 Å². The molecule has 0 fully saturated rings. The molecule has 4 N–H and O–H groups in total. The normalized spacial score (nSPS) is 11.3. The van der Waals surface area contributed by atoms with Gasteiger partial charge in [0.1, 0.15) is 26.4 Å². The summed E-state index contributed by atoms with van der Waals surface area (Å²) in [5.74, 6) is -4.20. The zero-order valence-corrected chi connectivity index (χ0v) is 17.9. The lowest BCUT2D eigenvalue weighted by Crippen LogP contribution is -2.44. The standard InChI is InChI=1S/C18H31NO13/c1-27-4-5-28-3-2-19-14(20)6-29-10-18(11-30-7-15(21)22,12-31-8-16(23)24)13-32-9-17(25)26/h2-13H2,1H3,(H,19,20)(H,21,22)(H,23,24)(H,25,26). The topological polar surface area (TPSA) is 196 Å². The third-order valence-electron chi connectivity index (χ3n) is 3.54. The maximum atomic E-state index is 11.9. The van der Waals surface area contributed by atoms with Gasteiger partial charge < -0.3 is 49.1 Å². The summed E-state index contributed by atoms with van der Waals surface area (Å²) < 4.78 is 30.6. The molecular weight excluding hydrogens is 438 g/mol. The van der Waals surface area contributed by atoms with Gasteiger partial charge in [-0.1, -0.05) is 0 Å². The predicted molar refractivity (Wildman–Crippen MR) is 104 cm³/mol. The average molecular weight is 469 g/mol. The van der Waals surface area contributed by atoms with Crippen molar-refractivity contribution in [3.8, 4) is 0 Å². The smallest absolute Gasteiger partial charge is 0.329 e. The molecule has 14 nitrogen and oxygen atoms in total. The number of rotatable bonds is 22. The molecule has 0 radical (unpaired) electrons. The number of methoxy groups -OCH3 is 1. The van der Waals surface area contributed by atoms with Crippen molar-refractivity contribution in [3.05, 3.63) is 0 Å². The summed E-state index contributed by atoms with van der Waals surface area (Å²) in [7, 11) is 1.54. The van der Waals surface area contributed by atoms with Gasteiger partial charge in [-0.3, -0.25) is 4.79 Å². The van der Waals surface area contributed by atoms with Crippen molar-refractivity contribution >= 4 is 23.8 Å². The van der Waals surface area contributed by atoms with Crippen LogP contribution < -0.4 is 5.32 Å². The molecule has 0 unspecified atom stereocenters. The highest BCUT2D eigenvalue weighted by molar-refractivity contribution is 5.77. The Bertz CT molecular complexity index is 519. The summed E-state index contributed by atoms with van der Waals surface area (Å²) in [6.45, 7) is -2.24. The fourth-order valence-corrected chi connectivity index (χ4v) is 2.23. The molecule has 0 saturated heterocycles. The van der Waals surface area contributed by atoms with E-state index < -0.39 is 49.1 Å². The van der Waals surface area contributed by atoms with E-state index >= 15 is 0 Å². The number of carboxylic acid groups (broad SMARTS) is 3. The van der Waals surface area contributed by atoms with E-state index in [0.29, 0.717) is 13.2 Å². The summed E-state index contributed by atoms with van der Waals surface area (Å²) >= 11 is 0. The lowest BCUT2D eigenvalue weighted by atomic mass is 9.92. The van der Waals surface area contributed by atoms with Gasteiger partial charge in [-0.05, 0) is 0 Å². The molecule has 14 heteroatoms. The van der Waals surface area contributed by atoms with Crippen LogP contribution in [0.2, 0.25) is 0 Å². The van der Waals surface area contributed by atoms with Gasteiger partial charge in [-0.25, -0.2) is 14.4 Å². The number of ether oxygens (including phenoxy) is 6. The molecule has 186 valence electrons. The Morgan fingerprint density at radius 1 is 0.656 bits per heavy atom. The van der Waals surface area contributed by atoms with E-state index in [0.717, 1.165) is 0 Å². The van der Waals surface area contributed by atoms with Crippen molar-refractivity contribution in [2.24, 2.45) is 5.41 Å². The number of carbonyl (C=O) groups excluding carboxylic acids is 1. The van der Waals surface area contributed by atoms with Crippen LogP contribution in [0.25, 0.3) is 0 Å². The summed E-state index contributed by atoms with van der Waals surface area (Å²) in [5.41, 5.74) is -1.26. The van der Waals surface area contributed by atoms with Gasteiger partial charge >= 0.3 is 17.9 Å². The monoisotopic (exact) mass is 469 g/mol. The average Bonchev–Trinajstić information content (AvgIpc) is 2.69. The van der Waals surface area contributed by atoms with Gasteiger partial charge in [-0.15, -0.1) is 0 Å². The molecule has 0 heterocycles. The second kappa shape index (κ2) is 18.2. The first-order valence-corrected chi connectivity index (χ1v) is 9.50. The van der Waals surface area contributed by atoms with Crippen LogP contribution in [0.15, 0.2) is 0 Å². The van der Waals surface area contributed by atoms with Crippen LogP contribution in [0.5, 0.6) is 0 Å². The minimum atomic E-state index is -1.26. The van der Waals surface area contributed by atoms with E-state index in [1.807, 2.05) is 0 Å². The van der Waals surface area contributed by atoms with Crippen molar-refractivity contribution in [2.75, 3.05) is 86.3 Å². The number of hydrogen-bond acceptors (Lipinski definition) is 10. The number of amides is 1. The summed E-state index contributed by atoms with van der Waals surface area (Å²) in [5, 5.41) is 28.9. The van der Waals surface area contributed by atoms with Crippen LogP contribution in [0.1, 0.15) is 0 Å². The Labute approximate surface area is 184 Å². The SMILES string of the molecule is COCCOCCNC(=O)COCC(COCC(=O)O)(COCC(=O)O)COCC(=O)O. The highest BCUT2D eigenvalue weighted by atomic mass is 16.5. The number of carbonyl (C=O) groups is 4. The molecule has 32 heavy (non-hydrogen) atoms. The van der Waals surface area contributed by atoms with Gasteiger partial charge in [0.25, 0.3) is 0 Å². The number of carboxylic acids is 3. The minimum Gasteiger partial charge on any atom is -0.480 e. The summed E-state index contributed by atoms with van der Waals surface area (Å²) in [6.07, 6.45) is 0. The Hall–Kier alpha value is -2.36. The maximum Gasteiger partial charge on any atom is 0.329 e. The molecule has 0 rings (SSSR count). The van der Waals surface area contributed by atoms with E-state index in [4.69, 9.17) is 43.7 Å². The molecule has 0 aromatic rings. The first-order valence-electron chi connectivity index (χ1n) is 9.50. The fraction of sp³-hybridized carbons (Fsp3) is 0.778. The third kappa shape index (κ3) is 17.3. The zero-order chi connectivity index (χ0) is 24.2. The molecule has 0 aliphatic heterocycles. The van der Waals surface area contributed by atoms with Crippen LogP contribution in [-0.4, -0.2) is 125 Å². The van der Waals surface area contributed by atoms with E-state index in [-0.39, 0.29) is 46.2 Å². The highest BCUT2D eigenvalue weighted by Crippen LogP contribution is 2.21. The van der Waals surface area contributed by atoms with Crippen LogP contribution in [0.3, 0.4) is 0 Å². The highest BCUT2D eigenvalue weighted by Gasteiger charge is 2.33. The maximum absolute atomic E-state index is 11.9. The second-order valence-electron chi connectivity index (χ2n) is 6.61. The summed E-state index contributed by atoms with van der Waals surface area (Å²) in [6, 6.07) is 0. The molecular formula is C18H31NO13. The molecule has 0 aliphatic rings. The van der Waals surface area contributed by atoms with Crippen LogP contribution in [0, 0.1) is 5.41 Å². The summed E-state index contributed by atoms with van der Waals surface area (Å²) in [4.78, 5) is 44.1. The van der Waals surface area contributed by atoms with Crippen molar-refractivity contribution < 1.29 is 62.9 Å². The first kappa shape index (κ1) is 29.6. The van der Waals surface area contributed by atoms with Gasteiger partial charge in [0.15, 0.2) is 0 Å². The fourth-order valence-electron chi connectivity index (χ4n) is 2.23. The largest absolute Gasteiger partial charge is 0.480 e. The van der Waals surface area contributed by atoms with Crippen LogP contribution >= 0.6 is 0 Å². The molecule has 0 atom stereocenters. The molecule has 0 aromatic carbocycles. The lowest BCUT2D eigenvalue weighted by Gasteiger charge is -2.32. The van der Waals surface area contributed by atoms with E-state index in [2.05, 4.69) is 5.32 Å². The molecule has 0 saturated carbocycles. The van der Waals surface area contributed by atoms with Gasteiger partial charge in [0.2, 0.25) is 5.91 Å². The molecule has 0 aromatic heterocycles. The third-order valence-corrected chi connectivity index (χ3v) is 3.54. The second-order valence-corrected chi connectivity index (χ2v) is 6.61. The van der Waals surface area contributed by atoms with E-state index in [9.17, 15) is 19.2 Å². The van der Waals surface area contributed by atoms with Crippen LogP contribution in [0.4, 0.5) is 0 Å². The molecule has 1 amide bonds. The number of aliphatic carboxylic acids is 3. The van der Waals surface area contributed by atoms with Gasteiger partial charge in [-0.2, -0.15) is 0 Å². The Morgan fingerprint density at radius 2 is 1.09 bits per heavy atom. The molecule has 0 spiro atoms. The Morgan fingerprint density at radius 3 is 1.50 bits per heavy atom. The predicted octanol–water partition coefficient (Wildman–Crippen LogP) is -1.93. The van der Waals surface area contributed by atoms with Crippen molar-refractivity contribution in [3.63, 3.8) is 0 Å². The van der Waals surface area contributed by atoms with Crippen LogP contribution in [-0.2, 0) is 47.6 Å². The quantitative estimate of drug-likeness (QED) is 0.128. The van der Waals surface area contributed by atoms with Gasteiger partial charge in [0.05, 0.1) is 51.7 Å². The Balaban J connectivity index is 4.79. The number of hydrogen-bond donors (Lipinski definition) is 4. The zero-order valence-electron chi connectivity index (χ0n) is 17.9. The number of nitrogens with one attached hydrogen (secondary N) is 1. The van der Waals surface area contributed by atoms with E-state index in [1.165, 1.54) is 7.11 Å². The van der Waals surface area contributed by atoms with Crippen molar-refractivity contribution in [1.82, 2.24) is 5.32 Å². The lowest BCUT2D eigenvalue weighted by molar-refractivity contribution is -0.156. The molecule has 0 bridgehead atoms. The Kier molecular flexibility index (Phi) is 16.9. The van der Waals surface area contributed by atoms with Crippen molar-refractivity contribution in [2.45, 2.75) is 0 Å².